The Morgan fingerprint density at radius 2 is 1.80 bits per heavy atom. The van der Waals surface area contributed by atoms with Crippen molar-refractivity contribution in [3.8, 4) is 0 Å². The van der Waals surface area contributed by atoms with Crippen molar-refractivity contribution in [3.05, 3.63) is 53.6 Å². The zero-order valence-corrected chi connectivity index (χ0v) is 12.5. The molecule has 0 heterocycles. The average molecular weight is 286 g/mol. The number of thioether (sulfide) groups is 1. The maximum absolute atomic E-state index is 11.9. The lowest BCUT2D eigenvalue weighted by Crippen LogP contribution is -2.15. The van der Waals surface area contributed by atoms with Gasteiger partial charge in [-0.25, -0.2) is 0 Å². The van der Waals surface area contributed by atoms with Crippen molar-refractivity contribution in [1.29, 1.82) is 0 Å². The Labute approximate surface area is 123 Å². The minimum atomic E-state index is -0.0474. The number of nitrogens with two attached hydrogens (primary N) is 1. The minimum Gasteiger partial charge on any atom is -0.397 e. The molecule has 0 atom stereocenters. The number of aryl methyl sites for hydroxylation is 2. The topological polar surface area (TPSA) is 55.1 Å². The molecule has 0 unspecified atom stereocenters. The highest BCUT2D eigenvalue weighted by Gasteiger charge is 2.07. The predicted octanol–water partition coefficient (Wildman–Crippen LogP) is 3.62. The summed E-state index contributed by atoms with van der Waals surface area (Å²) in [5, 5.41) is 2.86. The Morgan fingerprint density at radius 3 is 2.50 bits per heavy atom. The van der Waals surface area contributed by atoms with E-state index in [1.165, 1.54) is 11.8 Å². The molecule has 0 saturated carbocycles. The van der Waals surface area contributed by atoms with Gasteiger partial charge in [-0.15, -0.1) is 11.8 Å². The molecule has 0 aliphatic heterocycles. The van der Waals surface area contributed by atoms with Crippen molar-refractivity contribution >= 4 is 29.0 Å². The molecule has 0 spiro atoms. The SMILES string of the molecule is Cc1cc(N)c(NC(=O)CSc2ccccc2)cc1C. The van der Waals surface area contributed by atoms with Crippen LogP contribution in [-0.2, 0) is 4.79 Å². The van der Waals surface area contributed by atoms with E-state index in [1.54, 1.807) is 0 Å². The van der Waals surface area contributed by atoms with Crippen LogP contribution in [0.2, 0.25) is 0 Å². The monoisotopic (exact) mass is 286 g/mol. The Morgan fingerprint density at radius 1 is 1.15 bits per heavy atom. The molecule has 3 nitrogen and oxygen atoms in total. The molecule has 0 radical (unpaired) electrons. The lowest BCUT2D eigenvalue weighted by molar-refractivity contribution is -0.113. The number of amides is 1. The number of hydrogen-bond donors (Lipinski definition) is 2. The Balaban J connectivity index is 1.97. The van der Waals surface area contributed by atoms with Crippen molar-refractivity contribution in [3.63, 3.8) is 0 Å². The van der Waals surface area contributed by atoms with Crippen LogP contribution < -0.4 is 11.1 Å². The van der Waals surface area contributed by atoms with Crippen LogP contribution in [0.25, 0.3) is 0 Å². The highest BCUT2D eigenvalue weighted by atomic mass is 32.2. The van der Waals surface area contributed by atoms with E-state index in [0.29, 0.717) is 17.1 Å². The second-order valence-electron chi connectivity index (χ2n) is 4.67. The molecule has 0 aliphatic carbocycles. The van der Waals surface area contributed by atoms with E-state index in [0.717, 1.165) is 16.0 Å². The van der Waals surface area contributed by atoms with Crippen LogP contribution in [0.5, 0.6) is 0 Å². The molecule has 0 fully saturated rings. The van der Waals surface area contributed by atoms with Crippen LogP contribution in [0.15, 0.2) is 47.4 Å². The Kier molecular flexibility index (Phi) is 4.69. The van der Waals surface area contributed by atoms with Crippen LogP contribution in [0.3, 0.4) is 0 Å². The molecular weight excluding hydrogens is 268 g/mol. The molecule has 2 rings (SSSR count). The third-order valence-electron chi connectivity index (χ3n) is 3.05. The second-order valence-corrected chi connectivity index (χ2v) is 5.72. The number of anilines is 2. The van der Waals surface area contributed by atoms with E-state index in [-0.39, 0.29) is 5.91 Å². The summed E-state index contributed by atoms with van der Waals surface area (Å²) in [6, 6.07) is 13.7. The van der Waals surface area contributed by atoms with Gasteiger partial charge < -0.3 is 11.1 Å². The Bertz CT molecular complexity index is 611. The molecule has 0 saturated heterocycles. The molecule has 2 aromatic carbocycles. The number of nitrogens with one attached hydrogen (secondary N) is 1. The molecule has 104 valence electrons. The van der Waals surface area contributed by atoms with Gasteiger partial charge in [0.25, 0.3) is 0 Å². The van der Waals surface area contributed by atoms with Crippen LogP contribution in [-0.4, -0.2) is 11.7 Å². The maximum atomic E-state index is 11.9. The summed E-state index contributed by atoms with van der Waals surface area (Å²) in [6.07, 6.45) is 0. The standard InChI is InChI=1S/C16H18N2OS/c1-11-8-14(17)15(9-12(11)2)18-16(19)10-20-13-6-4-3-5-7-13/h3-9H,10,17H2,1-2H3,(H,18,19). The van der Waals surface area contributed by atoms with E-state index in [9.17, 15) is 4.79 Å². The highest BCUT2D eigenvalue weighted by molar-refractivity contribution is 8.00. The van der Waals surface area contributed by atoms with Crippen molar-refractivity contribution in [2.45, 2.75) is 18.7 Å². The first-order chi connectivity index (χ1) is 9.56. The fraction of sp³-hybridized carbons (Fsp3) is 0.188. The third-order valence-corrected chi connectivity index (χ3v) is 4.07. The van der Waals surface area contributed by atoms with Crippen molar-refractivity contribution in [1.82, 2.24) is 0 Å². The van der Waals surface area contributed by atoms with E-state index >= 15 is 0 Å². The maximum Gasteiger partial charge on any atom is 0.234 e. The number of carbonyl (C=O) groups excluding carboxylic acids is 1. The van der Waals surface area contributed by atoms with Crippen LogP contribution in [0.1, 0.15) is 11.1 Å². The quantitative estimate of drug-likeness (QED) is 0.667. The van der Waals surface area contributed by atoms with Crippen molar-refractivity contribution in [2.24, 2.45) is 0 Å². The summed E-state index contributed by atoms with van der Waals surface area (Å²) in [7, 11) is 0. The molecule has 20 heavy (non-hydrogen) atoms. The summed E-state index contributed by atoms with van der Waals surface area (Å²) >= 11 is 1.51. The smallest absolute Gasteiger partial charge is 0.234 e. The lowest BCUT2D eigenvalue weighted by Gasteiger charge is -2.11. The van der Waals surface area contributed by atoms with E-state index in [4.69, 9.17) is 5.73 Å². The van der Waals surface area contributed by atoms with Gasteiger partial charge in [-0.1, -0.05) is 18.2 Å². The summed E-state index contributed by atoms with van der Waals surface area (Å²) in [5.41, 5.74) is 9.45. The zero-order valence-electron chi connectivity index (χ0n) is 11.6. The predicted molar refractivity (Wildman–Crippen MR) is 86.1 cm³/mol. The number of carbonyl (C=O) groups is 1. The highest BCUT2D eigenvalue weighted by Crippen LogP contribution is 2.24. The fourth-order valence-electron chi connectivity index (χ4n) is 1.80. The minimum absolute atomic E-state index is 0.0474. The third kappa shape index (κ3) is 3.78. The lowest BCUT2D eigenvalue weighted by atomic mass is 10.1. The molecule has 3 N–H and O–H groups in total. The number of benzene rings is 2. The summed E-state index contributed by atoms with van der Waals surface area (Å²) in [6.45, 7) is 4.01. The van der Waals surface area contributed by atoms with Gasteiger partial charge in [0.1, 0.15) is 0 Å². The van der Waals surface area contributed by atoms with Gasteiger partial charge in [-0.2, -0.15) is 0 Å². The average Bonchev–Trinajstić information content (AvgIpc) is 2.44. The van der Waals surface area contributed by atoms with Crippen LogP contribution in [0, 0.1) is 13.8 Å². The van der Waals surface area contributed by atoms with E-state index in [1.807, 2.05) is 56.3 Å². The molecule has 1 amide bonds. The first kappa shape index (κ1) is 14.5. The van der Waals surface area contributed by atoms with Gasteiger partial charge in [0.2, 0.25) is 5.91 Å². The van der Waals surface area contributed by atoms with Crippen molar-refractivity contribution < 1.29 is 4.79 Å². The fourth-order valence-corrected chi connectivity index (χ4v) is 2.52. The van der Waals surface area contributed by atoms with Gasteiger partial charge in [0.05, 0.1) is 17.1 Å². The number of hydrogen-bond acceptors (Lipinski definition) is 3. The van der Waals surface area contributed by atoms with Gasteiger partial charge >= 0.3 is 0 Å². The molecule has 4 heteroatoms. The van der Waals surface area contributed by atoms with Crippen molar-refractivity contribution in [2.75, 3.05) is 16.8 Å². The Hall–Kier alpha value is -1.94. The summed E-state index contributed by atoms with van der Waals surface area (Å²) in [4.78, 5) is 13.0. The van der Waals surface area contributed by atoms with Gasteiger partial charge in [-0.05, 0) is 49.2 Å². The normalized spacial score (nSPS) is 10.3. The number of rotatable bonds is 4. The molecule has 0 aliphatic rings. The first-order valence-corrected chi connectivity index (χ1v) is 7.39. The molecule has 2 aromatic rings. The molecule has 0 aromatic heterocycles. The first-order valence-electron chi connectivity index (χ1n) is 6.40. The van der Waals surface area contributed by atoms with Crippen LogP contribution >= 0.6 is 11.8 Å². The van der Waals surface area contributed by atoms with Gasteiger partial charge in [-0.3, -0.25) is 4.79 Å². The van der Waals surface area contributed by atoms with E-state index in [2.05, 4.69) is 5.32 Å². The van der Waals surface area contributed by atoms with E-state index < -0.39 is 0 Å². The largest absolute Gasteiger partial charge is 0.397 e. The van der Waals surface area contributed by atoms with Gasteiger partial charge in [0, 0.05) is 4.90 Å². The summed E-state index contributed by atoms with van der Waals surface area (Å²) in [5.74, 6) is 0.324. The molecule has 0 bridgehead atoms. The molecular formula is C16H18N2OS. The second kappa shape index (κ2) is 6.48. The van der Waals surface area contributed by atoms with Crippen LogP contribution in [0.4, 0.5) is 11.4 Å². The zero-order chi connectivity index (χ0) is 14.5. The van der Waals surface area contributed by atoms with Gasteiger partial charge in [0.15, 0.2) is 0 Å². The number of nitrogen functional groups attached to an aromatic ring is 1. The summed E-state index contributed by atoms with van der Waals surface area (Å²) < 4.78 is 0.